The standard InChI is InChI=1S/C13H21ClN2O2S/c1-4-8-15-10-11-6-7-12(9-13(11)14)19(17,18)16(3)5-2/h6-7,9,15H,4-5,8,10H2,1-3H3. The van der Waals surface area contributed by atoms with Crippen molar-refractivity contribution in [2.45, 2.75) is 31.7 Å². The average Bonchev–Trinajstić information content (AvgIpc) is 2.39. The second-order valence-corrected chi connectivity index (χ2v) is 6.80. The zero-order chi connectivity index (χ0) is 14.5. The molecule has 0 aliphatic heterocycles. The van der Waals surface area contributed by atoms with Crippen molar-refractivity contribution in [3.63, 3.8) is 0 Å². The van der Waals surface area contributed by atoms with Gasteiger partial charge < -0.3 is 5.32 Å². The fraction of sp³-hybridized carbons (Fsp3) is 0.538. The minimum atomic E-state index is -3.42. The van der Waals surface area contributed by atoms with E-state index in [1.54, 1.807) is 26.1 Å². The fourth-order valence-electron chi connectivity index (χ4n) is 1.58. The first-order chi connectivity index (χ1) is 8.93. The quantitative estimate of drug-likeness (QED) is 0.787. The van der Waals surface area contributed by atoms with Gasteiger partial charge in [-0.25, -0.2) is 12.7 Å². The second kappa shape index (κ2) is 7.24. The Hall–Kier alpha value is -0.620. The lowest BCUT2D eigenvalue weighted by Gasteiger charge is -2.15. The first-order valence-electron chi connectivity index (χ1n) is 6.39. The molecule has 0 saturated carbocycles. The van der Waals surface area contributed by atoms with Gasteiger partial charge in [-0.3, -0.25) is 0 Å². The van der Waals surface area contributed by atoms with Gasteiger partial charge in [0.1, 0.15) is 0 Å². The predicted octanol–water partition coefficient (Wildman–Crippen LogP) is 2.48. The molecule has 0 radical (unpaired) electrons. The monoisotopic (exact) mass is 304 g/mol. The highest BCUT2D eigenvalue weighted by molar-refractivity contribution is 7.89. The van der Waals surface area contributed by atoms with E-state index in [9.17, 15) is 8.42 Å². The van der Waals surface area contributed by atoms with E-state index in [1.807, 2.05) is 0 Å². The summed E-state index contributed by atoms with van der Waals surface area (Å²) in [5.41, 5.74) is 0.910. The molecule has 0 heterocycles. The third-order valence-corrected chi connectivity index (χ3v) is 5.20. The zero-order valence-electron chi connectivity index (χ0n) is 11.6. The average molecular weight is 305 g/mol. The smallest absolute Gasteiger partial charge is 0.242 e. The largest absolute Gasteiger partial charge is 0.313 e. The van der Waals surface area contributed by atoms with Crippen molar-refractivity contribution in [2.24, 2.45) is 0 Å². The van der Waals surface area contributed by atoms with E-state index < -0.39 is 10.0 Å². The summed E-state index contributed by atoms with van der Waals surface area (Å²) in [5, 5.41) is 3.72. The van der Waals surface area contributed by atoms with Gasteiger partial charge in [-0.05, 0) is 30.7 Å². The van der Waals surface area contributed by atoms with Crippen LogP contribution >= 0.6 is 11.6 Å². The first-order valence-corrected chi connectivity index (χ1v) is 8.20. The van der Waals surface area contributed by atoms with Gasteiger partial charge in [0.05, 0.1) is 4.90 Å². The van der Waals surface area contributed by atoms with Gasteiger partial charge in [-0.2, -0.15) is 0 Å². The van der Waals surface area contributed by atoms with Crippen LogP contribution in [0.5, 0.6) is 0 Å². The maximum Gasteiger partial charge on any atom is 0.242 e. The molecule has 0 bridgehead atoms. The summed E-state index contributed by atoms with van der Waals surface area (Å²) in [7, 11) is -1.87. The van der Waals surface area contributed by atoms with Crippen LogP contribution in [0.15, 0.2) is 23.1 Å². The van der Waals surface area contributed by atoms with Crippen LogP contribution in [0.1, 0.15) is 25.8 Å². The van der Waals surface area contributed by atoms with Gasteiger partial charge in [-0.1, -0.05) is 31.5 Å². The number of sulfonamides is 1. The number of hydrogen-bond acceptors (Lipinski definition) is 3. The Kier molecular flexibility index (Phi) is 6.26. The number of nitrogens with one attached hydrogen (secondary N) is 1. The Morgan fingerprint density at radius 3 is 2.53 bits per heavy atom. The van der Waals surface area contributed by atoms with Crippen molar-refractivity contribution >= 4 is 21.6 Å². The molecule has 19 heavy (non-hydrogen) atoms. The minimum Gasteiger partial charge on any atom is -0.313 e. The van der Waals surface area contributed by atoms with E-state index in [2.05, 4.69) is 12.2 Å². The molecule has 108 valence electrons. The molecule has 1 aromatic carbocycles. The summed E-state index contributed by atoms with van der Waals surface area (Å²) in [5.74, 6) is 0. The van der Waals surface area contributed by atoms with Crippen LogP contribution in [0.4, 0.5) is 0 Å². The zero-order valence-corrected chi connectivity index (χ0v) is 13.2. The van der Waals surface area contributed by atoms with Gasteiger partial charge in [0.2, 0.25) is 10.0 Å². The minimum absolute atomic E-state index is 0.237. The van der Waals surface area contributed by atoms with E-state index in [0.29, 0.717) is 18.1 Å². The molecular formula is C13H21ClN2O2S. The molecule has 6 heteroatoms. The van der Waals surface area contributed by atoms with Gasteiger partial charge in [0, 0.05) is 25.2 Å². The number of halogens is 1. The fourth-order valence-corrected chi connectivity index (χ4v) is 3.10. The molecule has 0 atom stereocenters. The van der Waals surface area contributed by atoms with E-state index in [4.69, 9.17) is 11.6 Å². The maximum atomic E-state index is 12.1. The molecule has 0 spiro atoms. The van der Waals surface area contributed by atoms with E-state index in [0.717, 1.165) is 18.5 Å². The van der Waals surface area contributed by atoms with Crippen molar-refractivity contribution in [3.05, 3.63) is 28.8 Å². The molecule has 1 rings (SSSR count). The number of nitrogens with zero attached hydrogens (tertiary/aromatic N) is 1. The Morgan fingerprint density at radius 2 is 2.00 bits per heavy atom. The van der Waals surface area contributed by atoms with Crippen molar-refractivity contribution in [3.8, 4) is 0 Å². The number of hydrogen-bond donors (Lipinski definition) is 1. The van der Waals surface area contributed by atoms with Crippen molar-refractivity contribution in [2.75, 3.05) is 20.1 Å². The van der Waals surface area contributed by atoms with Gasteiger partial charge >= 0.3 is 0 Å². The van der Waals surface area contributed by atoms with E-state index in [1.165, 1.54) is 10.4 Å². The lowest BCUT2D eigenvalue weighted by atomic mass is 10.2. The predicted molar refractivity (Wildman–Crippen MR) is 78.9 cm³/mol. The molecule has 1 N–H and O–H groups in total. The number of rotatable bonds is 7. The van der Waals surface area contributed by atoms with Crippen molar-refractivity contribution in [1.29, 1.82) is 0 Å². The van der Waals surface area contributed by atoms with Crippen LogP contribution in [0.25, 0.3) is 0 Å². The number of benzene rings is 1. The van der Waals surface area contributed by atoms with Crippen molar-refractivity contribution < 1.29 is 8.42 Å². The highest BCUT2D eigenvalue weighted by Gasteiger charge is 2.20. The summed E-state index contributed by atoms with van der Waals surface area (Å²) in [6.07, 6.45) is 1.05. The second-order valence-electron chi connectivity index (χ2n) is 4.35. The Labute approximate surface area is 120 Å². The lowest BCUT2D eigenvalue weighted by molar-refractivity contribution is 0.486. The van der Waals surface area contributed by atoms with Crippen LogP contribution in [-0.4, -0.2) is 32.9 Å². The lowest BCUT2D eigenvalue weighted by Crippen LogP contribution is -2.26. The highest BCUT2D eigenvalue weighted by Crippen LogP contribution is 2.22. The molecule has 0 saturated heterocycles. The molecule has 0 aliphatic rings. The first kappa shape index (κ1) is 16.4. The molecule has 0 fully saturated rings. The van der Waals surface area contributed by atoms with Crippen LogP contribution in [-0.2, 0) is 16.6 Å². The molecule has 0 unspecified atom stereocenters. The maximum absolute atomic E-state index is 12.1. The Bertz CT molecular complexity index is 517. The van der Waals surface area contributed by atoms with Gasteiger partial charge in [0.25, 0.3) is 0 Å². The van der Waals surface area contributed by atoms with Crippen LogP contribution < -0.4 is 5.32 Å². The summed E-state index contributed by atoms with van der Waals surface area (Å²) in [6, 6.07) is 4.89. The molecule has 0 aliphatic carbocycles. The highest BCUT2D eigenvalue weighted by atomic mass is 35.5. The Balaban J connectivity index is 2.94. The van der Waals surface area contributed by atoms with Gasteiger partial charge in [-0.15, -0.1) is 0 Å². The van der Waals surface area contributed by atoms with E-state index in [-0.39, 0.29) is 4.90 Å². The third-order valence-electron chi connectivity index (χ3n) is 2.92. The van der Waals surface area contributed by atoms with Crippen molar-refractivity contribution in [1.82, 2.24) is 9.62 Å². The molecule has 4 nitrogen and oxygen atoms in total. The molecule has 0 aromatic heterocycles. The van der Waals surface area contributed by atoms with E-state index >= 15 is 0 Å². The molecule has 0 amide bonds. The topological polar surface area (TPSA) is 49.4 Å². The summed E-state index contributed by atoms with van der Waals surface area (Å²) >= 11 is 6.14. The third kappa shape index (κ3) is 4.18. The van der Waals surface area contributed by atoms with Crippen LogP contribution in [0.2, 0.25) is 5.02 Å². The molecule has 1 aromatic rings. The molecular weight excluding hydrogens is 284 g/mol. The summed E-state index contributed by atoms with van der Waals surface area (Å²) < 4.78 is 25.6. The SMILES string of the molecule is CCCNCc1ccc(S(=O)(=O)N(C)CC)cc1Cl. The Morgan fingerprint density at radius 1 is 1.32 bits per heavy atom. The summed E-state index contributed by atoms with van der Waals surface area (Å²) in [6.45, 7) is 5.87. The summed E-state index contributed by atoms with van der Waals surface area (Å²) in [4.78, 5) is 0.237. The van der Waals surface area contributed by atoms with Crippen LogP contribution in [0.3, 0.4) is 0 Å². The van der Waals surface area contributed by atoms with Gasteiger partial charge in [0.15, 0.2) is 0 Å². The van der Waals surface area contributed by atoms with Crippen LogP contribution in [0, 0.1) is 0 Å². The normalized spacial score (nSPS) is 12.1.